The number of carbonyl (C=O) groups excluding carboxylic acids is 1. The predicted molar refractivity (Wildman–Crippen MR) is 53.6 cm³/mol. The minimum atomic E-state index is -0.0425. The molecule has 1 rings (SSSR count). The van der Waals surface area contributed by atoms with Crippen LogP contribution < -0.4 is 10.6 Å². The maximum atomic E-state index is 11.3. The minimum Gasteiger partial charge on any atom is -0.335 e. The normalized spacial score (nSPS) is 18.5. The van der Waals surface area contributed by atoms with Crippen molar-refractivity contribution < 1.29 is 4.79 Å². The van der Waals surface area contributed by atoms with Crippen molar-refractivity contribution in [2.45, 2.75) is 44.7 Å². The van der Waals surface area contributed by atoms with Gasteiger partial charge < -0.3 is 10.6 Å². The van der Waals surface area contributed by atoms with Crippen molar-refractivity contribution in [3.05, 3.63) is 12.7 Å². The van der Waals surface area contributed by atoms with E-state index in [9.17, 15) is 4.79 Å². The lowest BCUT2D eigenvalue weighted by Crippen LogP contribution is -2.47. The smallest absolute Gasteiger partial charge is 0.315 e. The molecule has 2 amide bonds. The monoisotopic (exact) mass is 182 g/mol. The lowest BCUT2D eigenvalue weighted by molar-refractivity contribution is 0.225. The Balaban J connectivity index is 2.11. The van der Waals surface area contributed by atoms with E-state index in [2.05, 4.69) is 17.2 Å². The highest BCUT2D eigenvalue weighted by molar-refractivity contribution is 5.74. The molecule has 0 aromatic rings. The molecular weight excluding hydrogens is 164 g/mol. The predicted octanol–water partition coefficient (Wildman–Crippen LogP) is 1.80. The summed E-state index contributed by atoms with van der Waals surface area (Å²) < 4.78 is 0. The molecule has 0 heterocycles. The minimum absolute atomic E-state index is 0.0425. The van der Waals surface area contributed by atoms with Gasteiger partial charge in [-0.1, -0.05) is 6.08 Å². The Bertz CT molecular complexity index is 187. The van der Waals surface area contributed by atoms with Crippen LogP contribution in [0.4, 0.5) is 4.79 Å². The molecule has 0 bridgehead atoms. The molecule has 1 fully saturated rings. The van der Waals surface area contributed by atoms with Crippen LogP contribution in [0.5, 0.6) is 0 Å². The quantitative estimate of drug-likeness (QED) is 0.639. The van der Waals surface area contributed by atoms with Crippen LogP contribution in [-0.2, 0) is 0 Å². The number of carbonyl (C=O) groups is 1. The SMILES string of the molecule is C=CCC(C)NC(=O)NC1CCC1. The molecule has 1 unspecified atom stereocenters. The number of amides is 2. The van der Waals surface area contributed by atoms with Crippen LogP contribution in [0.25, 0.3) is 0 Å². The van der Waals surface area contributed by atoms with E-state index in [0.717, 1.165) is 19.3 Å². The highest BCUT2D eigenvalue weighted by Crippen LogP contribution is 2.17. The molecule has 1 saturated carbocycles. The molecule has 1 atom stereocenters. The maximum Gasteiger partial charge on any atom is 0.315 e. The third-order valence-corrected chi connectivity index (χ3v) is 2.34. The molecule has 1 aliphatic rings. The largest absolute Gasteiger partial charge is 0.335 e. The van der Waals surface area contributed by atoms with Crippen molar-refractivity contribution in [1.82, 2.24) is 10.6 Å². The van der Waals surface area contributed by atoms with Crippen LogP contribution in [0.1, 0.15) is 32.6 Å². The van der Waals surface area contributed by atoms with Crippen LogP contribution in [0, 0.1) is 0 Å². The van der Waals surface area contributed by atoms with Gasteiger partial charge in [0.05, 0.1) is 0 Å². The fraction of sp³-hybridized carbons (Fsp3) is 0.700. The summed E-state index contributed by atoms with van der Waals surface area (Å²) in [5.41, 5.74) is 0. The van der Waals surface area contributed by atoms with Gasteiger partial charge >= 0.3 is 6.03 Å². The van der Waals surface area contributed by atoms with Crippen molar-refractivity contribution in [2.75, 3.05) is 0 Å². The van der Waals surface area contributed by atoms with Crippen LogP contribution in [-0.4, -0.2) is 18.1 Å². The number of urea groups is 1. The van der Waals surface area contributed by atoms with Gasteiger partial charge in [0, 0.05) is 12.1 Å². The summed E-state index contributed by atoms with van der Waals surface area (Å²) in [5.74, 6) is 0. The second-order valence-corrected chi connectivity index (χ2v) is 3.67. The molecule has 0 aromatic carbocycles. The van der Waals surface area contributed by atoms with Crippen molar-refractivity contribution >= 4 is 6.03 Å². The lowest BCUT2D eigenvalue weighted by Gasteiger charge is -2.27. The van der Waals surface area contributed by atoms with E-state index in [-0.39, 0.29) is 12.1 Å². The molecule has 0 aliphatic heterocycles. The number of hydrogen-bond donors (Lipinski definition) is 2. The van der Waals surface area contributed by atoms with E-state index in [1.807, 2.05) is 13.0 Å². The van der Waals surface area contributed by atoms with Crippen molar-refractivity contribution in [1.29, 1.82) is 0 Å². The first-order chi connectivity index (χ1) is 6.22. The third kappa shape index (κ3) is 3.49. The van der Waals surface area contributed by atoms with E-state index in [0.29, 0.717) is 6.04 Å². The second kappa shape index (κ2) is 4.90. The summed E-state index contributed by atoms with van der Waals surface area (Å²) in [5, 5.41) is 5.78. The van der Waals surface area contributed by atoms with Crippen LogP contribution in [0.3, 0.4) is 0 Å². The van der Waals surface area contributed by atoms with Crippen molar-refractivity contribution in [3.8, 4) is 0 Å². The van der Waals surface area contributed by atoms with Gasteiger partial charge in [-0.05, 0) is 32.6 Å². The Morgan fingerprint density at radius 1 is 1.69 bits per heavy atom. The summed E-state index contributed by atoms with van der Waals surface area (Å²) >= 11 is 0. The fourth-order valence-corrected chi connectivity index (χ4v) is 1.31. The average Bonchev–Trinajstić information content (AvgIpc) is 1.97. The summed E-state index contributed by atoms with van der Waals surface area (Å²) in [6.45, 7) is 5.60. The first-order valence-electron chi connectivity index (χ1n) is 4.90. The first-order valence-corrected chi connectivity index (χ1v) is 4.90. The highest BCUT2D eigenvalue weighted by Gasteiger charge is 2.19. The standard InChI is InChI=1S/C10H18N2O/c1-3-5-8(2)11-10(13)12-9-6-4-7-9/h3,8-9H,1,4-7H2,2H3,(H2,11,12,13). The number of rotatable bonds is 4. The zero-order valence-corrected chi connectivity index (χ0v) is 8.18. The summed E-state index contributed by atoms with van der Waals surface area (Å²) in [7, 11) is 0. The maximum absolute atomic E-state index is 11.3. The molecule has 0 spiro atoms. The zero-order chi connectivity index (χ0) is 9.68. The van der Waals surface area contributed by atoms with Gasteiger partial charge in [0.2, 0.25) is 0 Å². The van der Waals surface area contributed by atoms with Gasteiger partial charge in [-0.2, -0.15) is 0 Å². The van der Waals surface area contributed by atoms with Gasteiger partial charge in [0.25, 0.3) is 0 Å². The van der Waals surface area contributed by atoms with Gasteiger partial charge in [-0.3, -0.25) is 0 Å². The van der Waals surface area contributed by atoms with Gasteiger partial charge in [0.1, 0.15) is 0 Å². The molecule has 3 nitrogen and oxygen atoms in total. The van der Waals surface area contributed by atoms with Gasteiger partial charge in [-0.15, -0.1) is 6.58 Å². The molecule has 0 radical (unpaired) electrons. The van der Waals surface area contributed by atoms with E-state index < -0.39 is 0 Å². The van der Waals surface area contributed by atoms with Crippen LogP contribution in [0.15, 0.2) is 12.7 Å². The van der Waals surface area contributed by atoms with Gasteiger partial charge in [-0.25, -0.2) is 4.79 Å². The third-order valence-electron chi connectivity index (χ3n) is 2.34. The van der Waals surface area contributed by atoms with Crippen LogP contribution >= 0.6 is 0 Å². The van der Waals surface area contributed by atoms with Crippen molar-refractivity contribution in [2.24, 2.45) is 0 Å². The number of hydrogen-bond acceptors (Lipinski definition) is 1. The number of nitrogens with one attached hydrogen (secondary N) is 2. The average molecular weight is 182 g/mol. The van der Waals surface area contributed by atoms with E-state index in [1.54, 1.807) is 0 Å². The fourth-order valence-electron chi connectivity index (χ4n) is 1.31. The van der Waals surface area contributed by atoms with E-state index in [1.165, 1.54) is 6.42 Å². The molecule has 0 saturated heterocycles. The topological polar surface area (TPSA) is 41.1 Å². The Morgan fingerprint density at radius 2 is 2.38 bits per heavy atom. The van der Waals surface area contributed by atoms with Crippen molar-refractivity contribution in [3.63, 3.8) is 0 Å². The Morgan fingerprint density at radius 3 is 2.85 bits per heavy atom. The van der Waals surface area contributed by atoms with Crippen LogP contribution in [0.2, 0.25) is 0 Å². The lowest BCUT2D eigenvalue weighted by atomic mass is 9.93. The molecular formula is C10H18N2O. The molecule has 3 heteroatoms. The van der Waals surface area contributed by atoms with E-state index >= 15 is 0 Å². The molecule has 0 aromatic heterocycles. The Kier molecular flexibility index (Phi) is 3.80. The molecule has 74 valence electrons. The summed E-state index contributed by atoms with van der Waals surface area (Å²) in [6.07, 6.45) is 6.13. The molecule has 13 heavy (non-hydrogen) atoms. The summed E-state index contributed by atoms with van der Waals surface area (Å²) in [4.78, 5) is 11.3. The Hall–Kier alpha value is -0.990. The van der Waals surface area contributed by atoms with Gasteiger partial charge in [0.15, 0.2) is 0 Å². The highest BCUT2D eigenvalue weighted by atomic mass is 16.2. The first kappa shape index (κ1) is 10.1. The van der Waals surface area contributed by atoms with E-state index in [4.69, 9.17) is 0 Å². The summed E-state index contributed by atoms with van der Waals surface area (Å²) in [6, 6.07) is 0.549. The zero-order valence-electron chi connectivity index (χ0n) is 8.18. The molecule has 1 aliphatic carbocycles. The Labute approximate surface area is 79.6 Å². The molecule has 2 N–H and O–H groups in total. The second-order valence-electron chi connectivity index (χ2n) is 3.67.